The molecule has 2 heteroatoms. The Morgan fingerprint density at radius 1 is 0.167 bits per heavy atom. The first kappa shape index (κ1) is 33.1. The van der Waals surface area contributed by atoms with Gasteiger partial charge in [-0.25, -0.2) is 0 Å². The lowest BCUT2D eigenvalue weighted by atomic mass is 9.81. The van der Waals surface area contributed by atoms with Crippen molar-refractivity contribution in [3.05, 3.63) is 218 Å². The number of hydrogen-bond acceptors (Lipinski definition) is 2. The first-order valence-corrected chi connectivity index (χ1v) is 20.8. The molecule has 0 aliphatic heterocycles. The predicted octanol–water partition coefficient (Wildman–Crippen LogP) is 16.7. The third-order valence-corrected chi connectivity index (χ3v) is 12.9. The standard InChI is InChI=1S/C58H36N2/c1-5-17-37(18-6-1)59(38-19-7-2-8-20-38)51-35-33-44-43-27-15-32-49-56(43)57(47-30-16-29-46(51)54(44)47)48-31-14-26-42-41-25-13-28-45-52(36-34-50(53(41)45)58(49)55(42)48)60(39-21-9-3-10-22-39)40-23-11-4-12-24-40/h1-36H. The number of hydrogen-bond donors (Lipinski definition) is 0. The molecule has 0 saturated carbocycles. The zero-order valence-electron chi connectivity index (χ0n) is 32.7. The van der Waals surface area contributed by atoms with Crippen LogP contribution in [0.2, 0.25) is 0 Å². The van der Waals surface area contributed by atoms with Crippen molar-refractivity contribution in [1.29, 1.82) is 0 Å². The lowest BCUT2D eigenvalue weighted by molar-refractivity contribution is 1.30. The number of rotatable bonds is 6. The van der Waals surface area contributed by atoms with Gasteiger partial charge in [0.1, 0.15) is 0 Å². The zero-order valence-corrected chi connectivity index (χ0v) is 32.7. The molecule has 0 spiro atoms. The highest BCUT2D eigenvalue weighted by Gasteiger charge is 2.25. The van der Waals surface area contributed by atoms with E-state index in [0.29, 0.717) is 0 Å². The molecule has 0 fully saturated rings. The van der Waals surface area contributed by atoms with E-state index >= 15 is 0 Å². The van der Waals surface area contributed by atoms with Gasteiger partial charge in [-0.1, -0.05) is 158 Å². The lowest BCUT2D eigenvalue weighted by Gasteiger charge is -2.28. The minimum atomic E-state index is 1.14. The Kier molecular flexibility index (Phi) is 7.05. The minimum absolute atomic E-state index is 1.14. The van der Waals surface area contributed by atoms with Crippen molar-refractivity contribution in [2.24, 2.45) is 0 Å². The van der Waals surface area contributed by atoms with Crippen LogP contribution in [0, 0.1) is 0 Å². The van der Waals surface area contributed by atoms with Gasteiger partial charge in [-0.2, -0.15) is 0 Å². The van der Waals surface area contributed by atoms with E-state index in [2.05, 4.69) is 228 Å². The Hall–Kier alpha value is -7.94. The number of benzene rings is 13. The second kappa shape index (κ2) is 12.8. The molecule has 13 aromatic rings. The summed E-state index contributed by atoms with van der Waals surface area (Å²) in [5, 5.41) is 20.7. The largest absolute Gasteiger partial charge is 0.310 e. The fraction of sp³-hybridized carbons (Fsp3) is 0. The molecule has 2 nitrogen and oxygen atoms in total. The molecular formula is C58H36N2. The molecule has 0 aliphatic rings. The maximum absolute atomic E-state index is 2.40. The third kappa shape index (κ3) is 4.59. The molecule has 0 saturated heterocycles. The van der Waals surface area contributed by atoms with Gasteiger partial charge in [-0.05, 0) is 136 Å². The minimum Gasteiger partial charge on any atom is -0.310 e. The summed E-state index contributed by atoms with van der Waals surface area (Å²) >= 11 is 0. The Bertz CT molecular complexity index is 3470. The molecule has 0 amide bonds. The molecule has 0 atom stereocenters. The van der Waals surface area contributed by atoms with Gasteiger partial charge in [0.25, 0.3) is 0 Å². The van der Waals surface area contributed by atoms with E-state index < -0.39 is 0 Å². The summed E-state index contributed by atoms with van der Waals surface area (Å²) in [4.78, 5) is 4.80. The molecule has 0 unspecified atom stereocenters. The maximum atomic E-state index is 2.40. The quantitative estimate of drug-likeness (QED) is 0.123. The van der Waals surface area contributed by atoms with Crippen LogP contribution in [0.4, 0.5) is 34.1 Å². The third-order valence-electron chi connectivity index (χ3n) is 12.9. The van der Waals surface area contributed by atoms with Crippen LogP contribution in [0.25, 0.3) is 86.2 Å². The Morgan fingerprint density at radius 2 is 0.417 bits per heavy atom. The second-order valence-electron chi connectivity index (χ2n) is 15.9. The van der Waals surface area contributed by atoms with Crippen molar-refractivity contribution >= 4 is 120 Å². The lowest BCUT2D eigenvalue weighted by Crippen LogP contribution is -2.10. The fourth-order valence-corrected chi connectivity index (χ4v) is 10.5. The van der Waals surface area contributed by atoms with E-state index in [0.717, 1.165) is 22.7 Å². The van der Waals surface area contributed by atoms with E-state index in [-0.39, 0.29) is 0 Å². The second-order valence-corrected chi connectivity index (χ2v) is 15.9. The average Bonchev–Trinajstić information content (AvgIpc) is 3.32. The van der Waals surface area contributed by atoms with Gasteiger partial charge in [0.05, 0.1) is 11.4 Å². The van der Waals surface area contributed by atoms with Crippen molar-refractivity contribution in [3.63, 3.8) is 0 Å². The van der Waals surface area contributed by atoms with Gasteiger partial charge in [-0.15, -0.1) is 0 Å². The van der Waals surface area contributed by atoms with Gasteiger partial charge >= 0.3 is 0 Å². The highest BCUT2D eigenvalue weighted by Crippen LogP contribution is 2.53. The molecular weight excluding hydrogens is 725 g/mol. The molecule has 0 N–H and O–H groups in total. The molecule has 0 bridgehead atoms. The van der Waals surface area contributed by atoms with Gasteiger partial charge < -0.3 is 9.80 Å². The summed E-state index contributed by atoms with van der Waals surface area (Å²) in [7, 11) is 0. The number of anilines is 6. The first-order chi connectivity index (χ1) is 29.8. The fourth-order valence-electron chi connectivity index (χ4n) is 10.5. The van der Waals surface area contributed by atoms with E-state index in [1.54, 1.807) is 0 Å². The topological polar surface area (TPSA) is 6.48 Å². The highest BCUT2D eigenvalue weighted by atomic mass is 15.1. The number of fused-ring (bicyclic) bond motifs is 6. The highest BCUT2D eigenvalue weighted by molar-refractivity contribution is 6.48. The first-order valence-electron chi connectivity index (χ1n) is 20.8. The van der Waals surface area contributed by atoms with E-state index in [4.69, 9.17) is 0 Å². The molecule has 0 heterocycles. The van der Waals surface area contributed by atoms with Crippen molar-refractivity contribution in [1.82, 2.24) is 0 Å². The average molecular weight is 761 g/mol. The van der Waals surface area contributed by atoms with Crippen molar-refractivity contribution in [2.45, 2.75) is 0 Å². The van der Waals surface area contributed by atoms with Crippen LogP contribution in [0.15, 0.2) is 218 Å². The number of para-hydroxylation sites is 4. The van der Waals surface area contributed by atoms with Crippen LogP contribution in [0.1, 0.15) is 0 Å². The summed E-state index contributed by atoms with van der Waals surface area (Å²) in [6.07, 6.45) is 0. The van der Waals surface area contributed by atoms with Gasteiger partial charge in [0.15, 0.2) is 0 Å². The molecule has 60 heavy (non-hydrogen) atoms. The van der Waals surface area contributed by atoms with Crippen LogP contribution in [-0.4, -0.2) is 0 Å². The molecule has 278 valence electrons. The van der Waals surface area contributed by atoms with E-state index in [9.17, 15) is 0 Å². The van der Waals surface area contributed by atoms with Crippen LogP contribution < -0.4 is 9.80 Å². The number of nitrogens with zero attached hydrogens (tertiary/aromatic N) is 2. The summed E-state index contributed by atoms with van der Waals surface area (Å²) in [6, 6.07) is 80.2. The predicted molar refractivity (Wildman–Crippen MR) is 258 cm³/mol. The van der Waals surface area contributed by atoms with Crippen molar-refractivity contribution in [2.75, 3.05) is 9.80 Å². The van der Waals surface area contributed by atoms with Crippen molar-refractivity contribution < 1.29 is 0 Å². The summed E-state index contributed by atoms with van der Waals surface area (Å²) in [6.45, 7) is 0. The van der Waals surface area contributed by atoms with Crippen LogP contribution in [-0.2, 0) is 0 Å². The Morgan fingerprint density at radius 3 is 0.800 bits per heavy atom. The SMILES string of the molecule is c1ccc(N(c2ccccc2)c2ccc3c4cccc5c4c(c4cccc2c34)c2cccc3c4cccc6c(N(c7ccccc7)c7ccccc7)ccc(c64)c5c32)cc1. The molecule has 13 aromatic carbocycles. The molecule has 0 radical (unpaired) electrons. The summed E-state index contributed by atoms with van der Waals surface area (Å²) < 4.78 is 0. The summed E-state index contributed by atoms with van der Waals surface area (Å²) in [5.74, 6) is 0. The van der Waals surface area contributed by atoms with E-state index in [1.165, 1.54) is 97.6 Å². The van der Waals surface area contributed by atoms with Crippen molar-refractivity contribution in [3.8, 4) is 0 Å². The zero-order chi connectivity index (χ0) is 39.3. The Labute approximate surface area is 347 Å². The molecule has 13 rings (SSSR count). The van der Waals surface area contributed by atoms with Gasteiger partial charge in [-0.3, -0.25) is 0 Å². The smallest absolute Gasteiger partial charge is 0.0540 e. The van der Waals surface area contributed by atoms with Crippen LogP contribution in [0.5, 0.6) is 0 Å². The van der Waals surface area contributed by atoms with Crippen LogP contribution >= 0.6 is 0 Å². The van der Waals surface area contributed by atoms with Gasteiger partial charge in [0, 0.05) is 33.5 Å². The van der Waals surface area contributed by atoms with E-state index in [1.807, 2.05) is 0 Å². The normalized spacial score (nSPS) is 12.0. The van der Waals surface area contributed by atoms with Gasteiger partial charge in [0.2, 0.25) is 0 Å². The molecule has 0 aromatic heterocycles. The summed E-state index contributed by atoms with van der Waals surface area (Å²) in [5.41, 5.74) is 6.88. The monoisotopic (exact) mass is 760 g/mol. The Balaban J connectivity index is 1.16. The molecule has 0 aliphatic carbocycles. The maximum Gasteiger partial charge on any atom is 0.0540 e. The van der Waals surface area contributed by atoms with Crippen LogP contribution in [0.3, 0.4) is 0 Å².